The van der Waals surface area contributed by atoms with Gasteiger partial charge in [0.05, 0.1) is 12.6 Å². The van der Waals surface area contributed by atoms with Gasteiger partial charge in [-0.1, -0.05) is 60.1 Å². The van der Waals surface area contributed by atoms with Crippen LogP contribution in [0.5, 0.6) is 0 Å². The van der Waals surface area contributed by atoms with Gasteiger partial charge in [-0.2, -0.15) is 5.10 Å². The Morgan fingerprint density at radius 2 is 1.74 bits per heavy atom. The molecule has 3 aromatic carbocycles. The molecule has 0 fully saturated rings. The van der Waals surface area contributed by atoms with Gasteiger partial charge < -0.3 is 0 Å². The molecule has 3 aromatic rings. The van der Waals surface area contributed by atoms with E-state index in [1.807, 2.05) is 48.5 Å². The second-order valence-corrected chi connectivity index (χ2v) is 5.64. The van der Waals surface area contributed by atoms with E-state index in [4.69, 9.17) is 11.6 Å². The number of carbonyl (C=O) groups excluding carboxylic acids is 1. The summed E-state index contributed by atoms with van der Waals surface area (Å²) in [4.78, 5) is 11.8. The number of nitrogens with one attached hydrogen (secondary N) is 1. The number of benzene rings is 3. The molecule has 0 heterocycles. The largest absolute Gasteiger partial charge is 0.273 e. The number of hydrazone groups is 1. The van der Waals surface area contributed by atoms with Crippen molar-refractivity contribution in [2.45, 2.75) is 6.42 Å². The molecule has 0 aliphatic carbocycles. The molecule has 0 aromatic heterocycles. The Labute approximate surface area is 139 Å². The highest BCUT2D eigenvalue weighted by Crippen LogP contribution is 2.14. The standard InChI is InChI=1S/C19H15ClN2O/c20-18-9-6-14(7-10-18)12-19(23)22-21-13-15-5-8-16-3-1-2-4-17(16)11-15/h1-11,13H,12H2,(H,22,23)/b21-13-. The summed E-state index contributed by atoms with van der Waals surface area (Å²) in [6, 6.07) is 21.3. The highest BCUT2D eigenvalue weighted by molar-refractivity contribution is 6.30. The first kappa shape index (κ1) is 15.3. The Bertz CT molecular complexity index is 857. The predicted molar refractivity (Wildman–Crippen MR) is 94.8 cm³/mol. The monoisotopic (exact) mass is 322 g/mol. The Kier molecular flexibility index (Phi) is 4.69. The van der Waals surface area contributed by atoms with E-state index in [1.54, 1.807) is 18.3 Å². The van der Waals surface area contributed by atoms with Gasteiger partial charge in [0.1, 0.15) is 0 Å². The van der Waals surface area contributed by atoms with Crippen molar-refractivity contribution in [2.75, 3.05) is 0 Å². The maximum absolute atomic E-state index is 11.8. The fraction of sp³-hybridized carbons (Fsp3) is 0.0526. The molecule has 0 saturated heterocycles. The van der Waals surface area contributed by atoms with Gasteiger partial charge in [-0.15, -0.1) is 0 Å². The maximum Gasteiger partial charge on any atom is 0.244 e. The zero-order valence-electron chi connectivity index (χ0n) is 12.4. The van der Waals surface area contributed by atoms with Crippen molar-refractivity contribution in [3.05, 3.63) is 82.9 Å². The molecule has 0 atom stereocenters. The first-order valence-electron chi connectivity index (χ1n) is 7.26. The first-order chi connectivity index (χ1) is 11.2. The van der Waals surface area contributed by atoms with Gasteiger partial charge in [0.15, 0.2) is 0 Å². The van der Waals surface area contributed by atoms with Gasteiger partial charge in [-0.05, 0) is 40.1 Å². The number of hydrogen-bond donors (Lipinski definition) is 1. The van der Waals surface area contributed by atoms with E-state index < -0.39 is 0 Å². The number of amides is 1. The van der Waals surface area contributed by atoms with E-state index in [-0.39, 0.29) is 12.3 Å². The van der Waals surface area contributed by atoms with Crippen molar-refractivity contribution >= 4 is 34.5 Å². The molecule has 0 spiro atoms. The molecule has 114 valence electrons. The predicted octanol–water partition coefficient (Wildman–Crippen LogP) is 4.19. The van der Waals surface area contributed by atoms with Crippen molar-refractivity contribution in [2.24, 2.45) is 5.10 Å². The molecule has 3 rings (SSSR count). The lowest BCUT2D eigenvalue weighted by atomic mass is 10.1. The number of rotatable bonds is 4. The average molecular weight is 323 g/mol. The molecule has 0 radical (unpaired) electrons. The second-order valence-electron chi connectivity index (χ2n) is 5.20. The molecule has 0 aliphatic heterocycles. The lowest BCUT2D eigenvalue weighted by Gasteiger charge is -2.01. The zero-order valence-corrected chi connectivity index (χ0v) is 13.1. The minimum atomic E-state index is -0.163. The molecule has 3 nitrogen and oxygen atoms in total. The molecule has 4 heteroatoms. The number of hydrogen-bond acceptors (Lipinski definition) is 2. The molecule has 1 amide bonds. The Balaban J connectivity index is 1.60. The van der Waals surface area contributed by atoms with E-state index in [0.717, 1.165) is 16.5 Å². The third kappa shape index (κ3) is 4.18. The summed E-state index contributed by atoms with van der Waals surface area (Å²) in [7, 11) is 0. The summed E-state index contributed by atoms with van der Waals surface area (Å²) >= 11 is 5.82. The van der Waals surface area contributed by atoms with E-state index in [1.165, 1.54) is 5.39 Å². The van der Waals surface area contributed by atoms with Crippen LogP contribution in [0, 0.1) is 0 Å². The smallest absolute Gasteiger partial charge is 0.244 e. The summed E-state index contributed by atoms with van der Waals surface area (Å²) in [5, 5.41) is 6.99. The van der Waals surface area contributed by atoms with Crippen LogP contribution in [0.4, 0.5) is 0 Å². The van der Waals surface area contributed by atoms with Gasteiger partial charge >= 0.3 is 0 Å². The fourth-order valence-corrected chi connectivity index (χ4v) is 2.42. The van der Waals surface area contributed by atoms with Crippen molar-refractivity contribution in [1.82, 2.24) is 5.43 Å². The Hall–Kier alpha value is -2.65. The molecule has 0 saturated carbocycles. The minimum absolute atomic E-state index is 0.163. The van der Waals surface area contributed by atoms with Crippen molar-refractivity contribution in [3.63, 3.8) is 0 Å². The van der Waals surface area contributed by atoms with Crippen molar-refractivity contribution < 1.29 is 4.79 Å². The topological polar surface area (TPSA) is 41.5 Å². The van der Waals surface area contributed by atoms with Crippen LogP contribution in [0.3, 0.4) is 0 Å². The highest BCUT2D eigenvalue weighted by Gasteiger charge is 2.01. The van der Waals surface area contributed by atoms with Gasteiger partial charge in [-0.3, -0.25) is 4.79 Å². The van der Waals surface area contributed by atoms with Crippen LogP contribution in [0.15, 0.2) is 71.8 Å². The lowest BCUT2D eigenvalue weighted by molar-refractivity contribution is -0.120. The van der Waals surface area contributed by atoms with E-state index in [2.05, 4.69) is 16.6 Å². The Morgan fingerprint density at radius 3 is 2.52 bits per heavy atom. The third-order valence-electron chi connectivity index (χ3n) is 3.45. The van der Waals surface area contributed by atoms with Crippen LogP contribution < -0.4 is 5.43 Å². The second kappa shape index (κ2) is 7.07. The Morgan fingerprint density at radius 1 is 1.00 bits per heavy atom. The maximum atomic E-state index is 11.8. The number of nitrogens with zero attached hydrogens (tertiary/aromatic N) is 1. The quantitative estimate of drug-likeness (QED) is 0.568. The van der Waals surface area contributed by atoms with Crippen LogP contribution in [-0.2, 0) is 11.2 Å². The fourth-order valence-electron chi connectivity index (χ4n) is 2.29. The summed E-state index contributed by atoms with van der Waals surface area (Å²) < 4.78 is 0. The average Bonchev–Trinajstić information content (AvgIpc) is 2.57. The van der Waals surface area contributed by atoms with E-state index >= 15 is 0 Å². The molecule has 0 unspecified atom stereocenters. The SMILES string of the molecule is O=C(Cc1ccc(Cl)cc1)N/N=C\c1ccc2ccccc2c1. The summed E-state index contributed by atoms with van der Waals surface area (Å²) in [5.41, 5.74) is 4.38. The minimum Gasteiger partial charge on any atom is -0.273 e. The zero-order chi connectivity index (χ0) is 16.1. The van der Waals surface area contributed by atoms with Crippen molar-refractivity contribution in [1.29, 1.82) is 0 Å². The number of fused-ring (bicyclic) bond motifs is 1. The van der Waals surface area contributed by atoms with Gasteiger partial charge in [0.25, 0.3) is 0 Å². The van der Waals surface area contributed by atoms with Crippen molar-refractivity contribution in [3.8, 4) is 0 Å². The molecular weight excluding hydrogens is 308 g/mol. The first-order valence-corrected chi connectivity index (χ1v) is 7.64. The third-order valence-corrected chi connectivity index (χ3v) is 3.71. The molecule has 1 N–H and O–H groups in total. The van der Waals surface area contributed by atoms with Crippen LogP contribution in [-0.4, -0.2) is 12.1 Å². The van der Waals surface area contributed by atoms with E-state index in [9.17, 15) is 4.79 Å². The molecule has 0 bridgehead atoms. The summed E-state index contributed by atoms with van der Waals surface area (Å²) in [5.74, 6) is -0.163. The molecular formula is C19H15ClN2O. The van der Waals surface area contributed by atoms with Gasteiger partial charge in [0, 0.05) is 5.02 Å². The number of carbonyl (C=O) groups is 1. The normalized spacial score (nSPS) is 11.0. The lowest BCUT2D eigenvalue weighted by Crippen LogP contribution is -2.19. The highest BCUT2D eigenvalue weighted by atomic mass is 35.5. The van der Waals surface area contributed by atoms with Gasteiger partial charge in [-0.25, -0.2) is 5.43 Å². The van der Waals surface area contributed by atoms with Crippen LogP contribution in [0.1, 0.15) is 11.1 Å². The van der Waals surface area contributed by atoms with Gasteiger partial charge in [0.2, 0.25) is 5.91 Å². The van der Waals surface area contributed by atoms with Crippen LogP contribution in [0.25, 0.3) is 10.8 Å². The van der Waals surface area contributed by atoms with Crippen LogP contribution >= 0.6 is 11.6 Å². The molecule has 23 heavy (non-hydrogen) atoms. The molecule has 0 aliphatic rings. The van der Waals surface area contributed by atoms with E-state index in [0.29, 0.717) is 5.02 Å². The summed E-state index contributed by atoms with van der Waals surface area (Å²) in [6.45, 7) is 0. The summed E-state index contributed by atoms with van der Waals surface area (Å²) in [6.07, 6.45) is 1.92. The number of halogens is 1. The van der Waals surface area contributed by atoms with Crippen LogP contribution in [0.2, 0.25) is 5.02 Å².